The average molecular weight is 328 g/mol. The molecule has 1 aliphatic carbocycles. The summed E-state index contributed by atoms with van der Waals surface area (Å²) in [6, 6.07) is 7.10. The van der Waals surface area contributed by atoms with Crippen molar-refractivity contribution in [2.24, 2.45) is 5.92 Å². The van der Waals surface area contributed by atoms with E-state index in [9.17, 15) is 14.4 Å². The van der Waals surface area contributed by atoms with Gasteiger partial charge in [0.1, 0.15) is 0 Å². The Morgan fingerprint density at radius 3 is 2.17 bits per heavy atom. The van der Waals surface area contributed by atoms with Crippen molar-refractivity contribution >= 4 is 17.7 Å². The van der Waals surface area contributed by atoms with E-state index in [-0.39, 0.29) is 36.7 Å². The van der Waals surface area contributed by atoms with Gasteiger partial charge in [-0.05, 0) is 43.7 Å². The topological polar surface area (TPSA) is 57.7 Å². The molecule has 3 amide bonds. The van der Waals surface area contributed by atoms with Gasteiger partial charge in [-0.3, -0.25) is 19.3 Å². The van der Waals surface area contributed by atoms with Gasteiger partial charge >= 0.3 is 0 Å². The molecule has 1 aromatic carbocycles. The predicted molar refractivity (Wildman–Crippen MR) is 90.6 cm³/mol. The van der Waals surface area contributed by atoms with Crippen LogP contribution in [0.5, 0.6) is 0 Å². The maximum Gasteiger partial charge on any atom is 0.261 e. The lowest BCUT2D eigenvalue weighted by atomic mass is 9.86. The molecule has 0 bridgehead atoms. The summed E-state index contributed by atoms with van der Waals surface area (Å²) in [5, 5.41) is 0. The van der Waals surface area contributed by atoms with Crippen molar-refractivity contribution in [1.29, 1.82) is 0 Å². The summed E-state index contributed by atoms with van der Waals surface area (Å²) in [5.41, 5.74) is 0.870. The Morgan fingerprint density at radius 2 is 1.62 bits per heavy atom. The minimum Gasteiger partial charge on any atom is -0.343 e. The van der Waals surface area contributed by atoms with E-state index < -0.39 is 0 Å². The van der Waals surface area contributed by atoms with Crippen LogP contribution < -0.4 is 0 Å². The van der Waals surface area contributed by atoms with Gasteiger partial charge in [0, 0.05) is 26.1 Å². The molecule has 1 heterocycles. The molecular formula is C19H24N2O3. The van der Waals surface area contributed by atoms with E-state index in [1.54, 1.807) is 24.3 Å². The Labute approximate surface area is 142 Å². The summed E-state index contributed by atoms with van der Waals surface area (Å²) in [4.78, 5) is 40.1. The molecule has 1 aliphatic heterocycles. The molecule has 0 unspecified atom stereocenters. The maximum absolute atomic E-state index is 12.4. The van der Waals surface area contributed by atoms with Crippen LogP contribution in [0, 0.1) is 5.92 Å². The number of hydrogen-bond acceptors (Lipinski definition) is 3. The van der Waals surface area contributed by atoms with Crippen molar-refractivity contribution in [1.82, 2.24) is 9.80 Å². The average Bonchev–Trinajstić information content (AvgIpc) is 2.84. The first kappa shape index (κ1) is 16.7. The number of amides is 3. The molecule has 2 aliphatic rings. The van der Waals surface area contributed by atoms with E-state index in [0.29, 0.717) is 11.1 Å². The molecule has 24 heavy (non-hydrogen) atoms. The molecule has 0 saturated heterocycles. The lowest BCUT2D eigenvalue weighted by Crippen LogP contribution is -2.41. The van der Waals surface area contributed by atoms with Crippen LogP contribution in [0.2, 0.25) is 0 Å². The van der Waals surface area contributed by atoms with Crippen LogP contribution >= 0.6 is 0 Å². The SMILES string of the molecule is CC1CCC(N(C)C(=O)CCN2C(=O)c3ccccc3C2=O)CC1. The van der Waals surface area contributed by atoms with Crippen LogP contribution in [0.3, 0.4) is 0 Å². The lowest BCUT2D eigenvalue weighted by molar-refractivity contribution is -0.132. The van der Waals surface area contributed by atoms with Gasteiger partial charge in [-0.1, -0.05) is 19.1 Å². The van der Waals surface area contributed by atoms with Gasteiger partial charge in [-0.2, -0.15) is 0 Å². The Bertz CT molecular complexity index is 627. The van der Waals surface area contributed by atoms with Crippen molar-refractivity contribution in [3.8, 4) is 0 Å². The minimum absolute atomic E-state index is 0.00566. The molecule has 0 spiro atoms. The number of imide groups is 1. The standard InChI is InChI=1S/C19H24N2O3/c1-13-7-9-14(10-8-13)20(2)17(22)11-12-21-18(23)15-5-3-4-6-16(15)19(21)24/h3-6,13-14H,7-12H2,1-2H3. The van der Waals surface area contributed by atoms with Crippen molar-refractivity contribution in [3.63, 3.8) is 0 Å². The summed E-state index contributed by atoms with van der Waals surface area (Å²) in [7, 11) is 1.84. The zero-order valence-corrected chi connectivity index (χ0v) is 14.3. The van der Waals surface area contributed by atoms with Crippen LogP contribution in [0.1, 0.15) is 59.7 Å². The number of fused-ring (bicyclic) bond motifs is 1. The second kappa shape index (κ2) is 6.75. The van der Waals surface area contributed by atoms with Gasteiger partial charge in [0.2, 0.25) is 5.91 Å². The van der Waals surface area contributed by atoms with E-state index in [0.717, 1.165) is 31.6 Å². The quantitative estimate of drug-likeness (QED) is 0.799. The van der Waals surface area contributed by atoms with E-state index in [2.05, 4.69) is 6.92 Å². The highest BCUT2D eigenvalue weighted by atomic mass is 16.2. The molecular weight excluding hydrogens is 304 g/mol. The summed E-state index contributed by atoms with van der Waals surface area (Å²) < 4.78 is 0. The Hall–Kier alpha value is -2.17. The van der Waals surface area contributed by atoms with Crippen molar-refractivity contribution < 1.29 is 14.4 Å². The van der Waals surface area contributed by atoms with E-state index in [1.165, 1.54) is 4.90 Å². The second-order valence-corrected chi connectivity index (χ2v) is 6.98. The van der Waals surface area contributed by atoms with Crippen LogP contribution in [-0.4, -0.2) is 47.2 Å². The zero-order chi connectivity index (χ0) is 17.3. The third-order valence-corrected chi connectivity index (χ3v) is 5.35. The fourth-order valence-corrected chi connectivity index (χ4v) is 3.66. The summed E-state index contributed by atoms with van der Waals surface area (Å²) >= 11 is 0. The molecule has 0 aromatic heterocycles. The molecule has 128 valence electrons. The molecule has 1 saturated carbocycles. The van der Waals surface area contributed by atoms with E-state index in [1.807, 2.05) is 11.9 Å². The largest absolute Gasteiger partial charge is 0.343 e. The first-order valence-corrected chi connectivity index (χ1v) is 8.70. The third-order valence-electron chi connectivity index (χ3n) is 5.35. The number of benzene rings is 1. The second-order valence-electron chi connectivity index (χ2n) is 6.98. The Balaban J connectivity index is 1.57. The summed E-state index contributed by atoms with van der Waals surface area (Å²) in [6.07, 6.45) is 4.57. The molecule has 1 fully saturated rings. The van der Waals surface area contributed by atoms with Gasteiger partial charge in [-0.25, -0.2) is 0 Å². The molecule has 1 aromatic rings. The zero-order valence-electron chi connectivity index (χ0n) is 14.3. The van der Waals surface area contributed by atoms with Gasteiger partial charge in [-0.15, -0.1) is 0 Å². The minimum atomic E-state index is -0.294. The van der Waals surface area contributed by atoms with Gasteiger partial charge in [0.25, 0.3) is 11.8 Å². The fraction of sp³-hybridized carbons (Fsp3) is 0.526. The van der Waals surface area contributed by atoms with Gasteiger partial charge in [0.15, 0.2) is 0 Å². The lowest BCUT2D eigenvalue weighted by Gasteiger charge is -2.34. The fourth-order valence-electron chi connectivity index (χ4n) is 3.66. The van der Waals surface area contributed by atoms with E-state index in [4.69, 9.17) is 0 Å². The highest BCUT2D eigenvalue weighted by molar-refractivity contribution is 6.21. The molecule has 0 radical (unpaired) electrons. The number of carbonyl (C=O) groups excluding carboxylic acids is 3. The highest BCUT2D eigenvalue weighted by Gasteiger charge is 2.35. The van der Waals surface area contributed by atoms with Crippen LogP contribution in [0.4, 0.5) is 0 Å². The summed E-state index contributed by atoms with van der Waals surface area (Å²) in [6.45, 7) is 2.40. The van der Waals surface area contributed by atoms with Crippen molar-refractivity contribution in [2.75, 3.05) is 13.6 Å². The third kappa shape index (κ3) is 3.07. The van der Waals surface area contributed by atoms with Crippen LogP contribution in [-0.2, 0) is 4.79 Å². The number of hydrogen-bond donors (Lipinski definition) is 0. The first-order valence-electron chi connectivity index (χ1n) is 8.70. The van der Waals surface area contributed by atoms with E-state index >= 15 is 0 Å². The van der Waals surface area contributed by atoms with Crippen LogP contribution in [0.25, 0.3) is 0 Å². The predicted octanol–water partition coefficient (Wildman–Crippen LogP) is 2.71. The van der Waals surface area contributed by atoms with Gasteiger partial charge in [0.05, 0.1) is 11.1 Å². The number of carbonyl (C=O) groups is 3. The van der Waals surface area contributed by atoms with Crippen LogP contribution in [0.15, 0.2) is 24.3 Å². The van der Waals surface area contributed by atoms with Crippen molar-refractivity contribution in [2.45, 2.75) is 45.1 Å². The molecule has 5 nitrogen and oxygen atoms in total. The molecule has 0 N–H and O–H groups in total. The normalized spacial score (nSPS) is 23.3. The maximum atomic E-state index is 12.4. The van der Waals surface area contributed by atoms with Crippen molar-refractivity contribution in [3.05, 3.63) is 35.4 Å². The Kier molecular flexibility index (Phi) is 4.69. The summed E-state index contributed by atoms with van der Waals surface area (Å²) in [5.74, 6) is 0.157. The highest BCUT2D eigenvalue weighted by Crippen LogP contribution is 2.27. The number of nitrogens with zero attached hydrogens (tertiary/aromatic N) is 2. The first-order chi connectivity index (χ1) is 11.5. The number of rotatable bonds is 4. The molecule has 0 atom stereocenters. The Morgan fingerprint density at radius 1 is 1.08 bits per heavy atom. The monoisotopic (exact) mass is 328 g/mol. The smallest absolute Gasteiger partial charge is 0.261 e. The molecule has 5 heteroatoms. The molecule has 3 rings (SSSR count). The van der Waals surface area contributed by atoms with Gasteiger partial charge < -0.3 is 4.90 Å².